The van der Waals surface area contributed by atoms with E-state index in [2.05, 4.69) is 0 Å². The SMILES string of the molecule is COCC(N)CC(O)c1cc(C)ccc1C. The van der Waals surface area contributed by atoms with Crippen LogP contribution in [0.4, 0.5) is 0 Å². The minimum Gasteiger partial charge on any atom is -0.388 e. The Morgan fingerprint density at radius 2 is 2.06 bits per heavy atom. The van der Waals surface area contributed by atoms with Gasteiger partial charge in [-0.1, -0.05) is 23.8 Å². The lowest BCUT2D eigenvalue weighted by molar-refractivity contribution is 0.122. The van der Waals surface area contributed by atoms with Gasteiger partial charge in [-0.05, 0) is 31.4 Å². The molecule has 1 rings (SSSR count). The largest absolute Gasteiger partial charge is 0.388 e. The number of aliphatic hydroxyl groups excluding tert-OH is 1. The molecule has 0 saturated heterocycles. The van der Waals surface area contributed by atoms with Crippen molar-refractivity contribution in [3.8, 4) is 0 Å². The first kappa shape index (κ1) is 13.2. The van der Waals surface area contributed by atoms with Crippen molar-refractivity contribution in [1.29, 1.82) is 0 Å². The molecule has 0 heterocycles. The second-order valence-electron chi connectivity index (χ2n) is 4.33. The predicted molar refractivity (Wildman–Crippen MR) is 65.3 cm³/mol. The Morgan fingerprint density at radius 1 is 1.38 bits per heavy atom. The van der Waals surface area contributed by atoms with Crippen LogP contribution in [0.25, 0.3) is 0 Å². The van der Waals surface area contributed by atoms with Crippen LogP contribution in [0.1, 0.15) is 29.2 Å². The van der Waals surface area contributed by atoms with Crippen LogP contribution in [0.3, 0.4) is 0 Å². The van der Waals surface area contributed by atoms with Gasteiger partial charge in [-0.25, -0.2) is 0 Å². The van der Waals surface area contributed by atoms with Gasteiger partial charge in [0, 0.05) is 13.2 Å². The summed E-state index contributed by atoms with van der Waals surface area (Å²) < 4.78 is 4.96. The summed E-state index contributed by atoms with van der Waals surface area (Å²) in [6.07, 6.45) is 0.0167. The maximum atomic E-state index is 10.1. The monoisotopic (exact) mass is 223 g/mol. The first-order chi connectivity index (χ1) is 7.54. The van der Waals surface area contributed by atoms with E-state index in [0.717, 1.165) is 16.7 Å². The summed E-state index contributed by atoms with van der Waals surface area (Å²) >= 11 is 0. The van der Waals surface area contributed by atoms with E-state index in [1.54, 1.807) is 7.11 Å². The smallest absolute Gasteiger partial charge is 0.0808 e. The molecular formula is C13H21NO2. The number of methoxy groups -OCH3 is 1. The predicted octanol–water partition coefficient (Wildman–Crippen LogP) is 1.70. The van der Waals surface area contributed by atoms with Gasteiger partial charge in [-0.15, -0.1) is 0 Å². The topological polar surface area (TPSA) is 55.5 Å². The normalized spacial score (nSPS) is 14.8. The highest BCUT2D eigenvalue weighted by Crippen LogP contribution is 2.22. The Hall–Kier alpha value is -0.900. The highest BCUT2D eigenvalue weighted by Gasteiger charge is 2.14. The number of nitrogens with two attached hydrogens (primary N) is 1. The highest BCUT2D eigenvalue weighted by molar-refractivity contribution is 5.32. The number of ether oxygens (including phenoxy) is 1. The van der Waals surface area contributed by atoms with E-state index in [4.69, 9.17) is 10.5 Å². The molecule has 16 heavy (non-hydrogen) atoms. The molecule has 0 aliphatic heterocycles. The fraction of sp³-hybridized carbons (Fsp3) is 0.538. The van der Waals surface area contributed by atoms with E-state index >= 15 is 0 Å². The van der Waals surface area contributed by atoms with E-state index in [-0.39, 0.29) is 6.04 Å². The Balaban J connectivity index is 2.72. The number of hydrogen-bond acceptors (Lipinski definition) is 3. The van der Waals surface area contributed by atoms with Crippen LogP contribution in [0.2, 0.25) is 0 Å². The molecule has 0 radical (unpaired) electrons. The van der Waals surface area contributed by atoms with Gasteiger partial charge in [0.1, 0.15) is 0 Å². The quantitative estimate of drug-likeness (QED) is 0.799. The van der Waals surface area contributed by atoms with Crippen LogP contribution in [0.15, 0.2) is 18.2 Å². The maximum absolute atomic E-state index is 10.1. The minimum atomic E-state index is -0.509. The Bertz CT molecular complexity index is 339. The third-order valence-electron chi connectivity index (χ3n) is 2.70. The van der Waals surface area contributed by atoms with Crippen molar-refractivity contribution >= 4 is 0 Å². The summed E-state index contributed by atoms with van der Waals surface area (Å²) in [6.45, 7) is 4.49. The van der Waals surface area contributed by atoms with Crippen molar-refractivity contribution in [2.24, 2.45) is 5.73 Å². The van der Waals surface area contributed by atoms with Crippen LogP contribution >= 0.6 is 0 Å². The molecule has 1 aromatic rings. The molecule has 3 nitrogen and oxygen atoms in total. The molecule has 3 N–H and O–H groups in total. The second-order valence-corrected chi connectivity index (χ2v) is 4.33. The molecule has 0 bridgehead atoms. The van der Waals surface area contributed by atoms with E-state index in [0.29, 0.717) is 13.0 Å². The van der Waals surface area contributed by atoms with E-state index in [1.807, 2.05) is 32.0 Å². The van der Waals surface area contributed by atoms with Crippen LogP contribution in [0.5, 0.6) is 0 Å². The van der Waals surface area contributed by atoms with Crippen LogP contribution in [0, 0.1) is 13.8 Å². The van der Waals surface area contributed by atoms with Gasteiger partial charge < -0.3 is 15.6 Å². The summed E-state index contributed by atoms with van der Waals surface area (Å²) in [4.78, 5) is 0. The molecule has 0 fully saturated rings. The summed E-state index contributed by atoms with van der Waals surface area (Å²) in [7, 11) is 1.62. The second kappa shape index (κ2) is 5.99. The zero-order valence-electron chi connectivity index (χ0n) is 10.2. The van der Waals surface area contributed by atoms with Gasteiger partial charge in [0.05, 0.1) is 12.7 Å². The molecule has 0 saturated carbocycles. The summed E-state index contributed by atoms with van der Waals surface area (Å²) in [6, 6.07) is 5.95. The minimum absolute atomic E-state index is 0.125. The molecule has 90 valence electrons. The van der Waals surface area contributed by atoms with Crippen molar-refractivity contribution in [1.82, 2.24) is 0 Å². The fourth-order valence-electron chi connectivity index (χ4n) is 1.81. The Kier molecular flexibility index (Phi) is 4.93. The van der Waals surface area contributed by atoms with Gasteiger partial charge in [-0.3, -0.25) is 0 Å². The molecule has 3 heteroatoms. The molecule has 1 aromatic carbocycles. The number of aliphatic hydroxyl groups is 1. The maximum Gasteiger partial charge on any atom is 0.0808 e. The Labute approximate surface area is 97.2 Å². The highest BCUT2D eigenvalue weighted by atomic mass is 16.5. The number of hydrogen-bond donors (Lipinski definition) is 2. The summed E-state index contributed by atoms with van der Waals surface area (Å²) in [5, 5.41) is 10.1. The molecule has 0 amide bonds. The first-order valence-electron chi connectivity index (χ1n) is 5.54. The van der Waals surface area contributed by atoms with Gasteiger partial charge >= 0.3 is 0 Å². The zero-order valence-corrected chi connectivity index (χ0v) is 10.2. The lowest BCUT2D eigenvalue weighted by Gasteiger charge is -2.18. The number of aryl methyl sites for hydroxylation is 2. The van der Waals surface area contributed by atoms with Crippen molar-refractivity contribution in [2.75, 3.05) is 13.7 Å². The van der Waals surface area contributed by atoms with E-state index in [9.17, 15) is 5.11 Å². The lowest BCUT2D eigenvalue weighted by atomic mass is 9.97. The summed E-state index contributed by atoms with van der Waals surface area (Å²) in [5.41, 5.74) is 9.04. The fourth-order valence-corrected chi connectivity index (χ4v) is 1.81. The Morgan fingerprint density at radius 3 is 2.69 bits per heavy atom. The standard InChI is InChI=1S/C13H21NO2/c1-9-4-5-10(2)12(6-9)13(15)7-11(14)8-16-3/h4-6,11,13,15H,7-8,14H2,1-3H3. The van der Waals surface area contributed by atoms with Crippen molar-refractivity contribution < 1.29 is 9.84 Å². The van der Waals surface area contributed by atoms with Crippen molar-refractivity contribution in [3.63, 3.8) is 0 Å². The van der Waals surface area contributed by atoms with Gasteiger partial charge in [-0.2, -0.15) is 0 Å². The van der Waals surface area contributed by atoms with E-state index in [1.165, 1.54) is 0 Å². The van der Waals surface area contributed by atoms with Crippen LogP contribution in [-0.4, -0.2) is 24.9 Å². The van der Waals surface area contributed by atoms with Gasteiger partial charge in [0.25, 0.3) is 0 Å². The zero-order chi connectivity index (χ0) is 12.1. The van der Waals surface area contributed by atoms with Crippen LogP contribution < -0.4 is 5.73 Å². The lowest BCUT2D eigenvalue weighted by Crippen LogP contribution is -2.28. The molecule has 2 unspecified atom stereocenters. The molecule has 0 aromatic heterocycles. The number of benzene rings is 1. The third-order valence-corrected chi connectivity index (χ3v) is 2.70. The molecule has 2 atom stereocenters. The molecule has 0 spiro atoms. The van der Waals surface area contributed by atoms with Crippen molar-refractivity contribution in [3.05, 3.63) is 34.9 Å². The first-order valence-corrected chi connectivity index (χ1v) is 5.54. The van der Waals surface area contributed by atoms with Gasteiger partial charge in [0.2, 0.25) is 0 Å². The average molecular weight is 223 g/mol. The van der Waals surface area contributed by atoms with Crippen molar-refractivity contribution in [2.45, 2.75) is 32.4 Å². The van der Waals surface area contributed by atoms with E-state index < -0.39 is 6.10 Å². The summed E-state index contributed by atoms with van der Waals surface area (Å²) in [5.74, 6) is 0. The number of rotatable bonds is 5. The van der Waals surface area contributed by atoms with Crippen LogP contribution in [-0.2, 0) is 4.74 Å². The molecule has 0 aliphatic rings. The molecular weight excluding hydrogens is 202 g/mol. The molecule has 0 aliphatic carbocycles. The average Bonchev–Trinajstić information content (AvgIpc) is 2.21. The third kappa shape index (κ3) is 3.59. The van der Waals surface area contributed by atoms with Gasteiger partial charge in [0.15, 0.2) is 0 Å².